The largest absolute Gasteiger partial charge is 0.457 e. The van der Waals surface area contributed by atoms with Crippen molar-refractivity contribution in [3.8, 4) is 0 Å². The number of nitrogens with zero attached hydrogens (tertiary/aromatic N) is 1. The topological polar surface area (TPSA) is 49.4 Å². The van der Waals surface area contributed by atoms with Crippen LogP contribution in [0.5, 0.6) is 0 Å². The molecule has 1 unspecified atom stereocenters. The van der Waals surface area contributed by atoms with Gasteiger partial charge >= 0.3 is 23.9 Å². The van der Waals surface area contributed by atoms with Crippen molar-refractivity contribution in [3.05, 3.63) is 91.9 Å². The summed E-state index contributed by atoms with van der Waals surface area (Å²) < 4.78 is 148. The van der Waals surface area contributed by atoms with Gasteiger partial charge in [0.25, 0.3) is 11.8 Å². The fraction of sp³-hybridized carbons (Fsp3) is 0.200. The molecule has 1 atom stereocenters. The van der Waals surface area contributed by atoms with Crippen LogP contribution in [0, 0.1) is 11.6 Å². The lowest BCUT2D eigenvalue weighted by Crippen LogP contribution is -2.59. The van der Waals surface area contributed by atoms with Crippen LogP contribution in [-0.4, -0.2) is 37.1 Å². The second kappa shape index (κ2) is 11.5. The predicted molar refractivity (Wildman–Crippen MR) is 135 cm³/mol. The summed E-state index contributed by atoms with van der Waals surface area (Å²) in [4.78, 5) is 26.3. The van der Waals surface area contributed by atoms with E-state index >= 15 is 4.39 Å². The number of alkyl halides is 9. The number of rotatable bonds is 6. The Morgan fingerprint density at radius 1 is 0.786 bits per heavy atom. The molecule has 0 aliphatic heterocycles. The van der Waals surface area contributed by atoms with E-state index < -0.39 is 78.8 Å². The van der Waals surface area contributed by atoms with Gasteiger partial charge in [-0.3, -0.25) is 9.59 Å². The van der Waals surface area contributed by atoms with E-state index in [4.69, 9.17) is 0 Å². The lowest BCUT2D eigenvalue weighted by atomic mass is 9.87. The number of halogens is 13. The summed E-state index contributed by atoms with van der Waals surface area (Å²) >= 11 is 5.21. The number of nitrogens with one attached hydrogen (secondary N) is 1. The van der Waals surface area contributed by atoms with Gasteiger partial charge in [-0.1, -0.05) is 6.07 Å². The van der Waals surface area contributed by atoms with Gasteiger partial charge < -0.3 is 10.2 Å². The second-order valence-electron chi connectivity index (χ2n) is 8.51. The standard InChI is InChI=1S/C25H13Br2F11N2O2/c1-40(21(42)11-5-7-13(28)8-6-11)17-4-2-3-14(18(17)29)20(41)39-19-15(26)9-12(10-16(19)27)22(30,24(33,34)35)23(31,32)25(36,37)38/h2-10H,1H3,(H,39,41). The first-order valence-corrected chi connectivity index (χ1v) is 12.6. The molecule has 0 aliphatic rings. The Labute approximate surface area is 245 Å². The minimum absolute atomic E-state index is 0.0417. The predicted octanol–water partition coefficient (Wildman–Crippen LogP) is 8.94. The second-order valence-corrected chi connectivity index (χ2v) is 10.2. The fourth-order valence-corrected chi connectivity index (χ4v) is 5.02. The monoisotopic (exact) mass is 740 g/mol. The number of carbonyl (C=O) groups excluding carboxylic acids is 2. The van der Waals surface area contributed by atoms with Gasteiger partial charge in [-0.05, 0) is 80.4 Å². The summed E-state index contributed by atoms with van der Waals surface area (Å²) in [5, 5.41) is 2.02. The Bertz CT molecular complexity index is 1500. The molecule has 226 valence electrons. The number of hydrogen-bond acceptors (Lipinski definition) is 2. The summed E-state index contributed by atoms with van der Waals surface area (Å²) in [5.41, 5.74) is -10.2. The highest BCUT2D eigenvalue weighted by Crippen LogP contribution is 2.59. The van der Waals surface area contributed by atoms with Gasteiger partial charge in [0, 0.05) is 27.1 Å². The van der Waals surface area contributed by atoms with Crippen molar-refractivity contribution in [1.82, 2.24) is 0 Å². The molecular formula is C25H13Br2F11N2O2. The van der Waals surface area contributed by atoms with Crippen molar-refractivity contribution in [2.24, 2.45) is 0 Å². The molecule has 3 rings (SSSR count). The lowest BCUT2D eigenvalue weighted by molar-refractivity contribution is -0.389. The van der Waals surface area contributed by atoms with Crippen LogP contribution in [0.15, 0.2) is 63.5 Å². The normalized spacial score (nSPS) is 13.9. The summed E-state index contributed by atoms with van der Waals surface area (Å²) in [7, 11) is 1.14. The molecule has 0 saturated carbocycles. The average molecular weight is 742 g/mol. The number of benzene rings is 3. The zero-order valence-corrected chi connectivity index (χ0v) is 23.5. The molecule has 3 aromatic rings. The van der Waals surface area contributed by atoms with Crippen molar-refractivity contribution in [2.75, 3.05) is 17.3 Å². The molecule has 0 spiro atoms. The van der Waals surface area contributed by atoms with Crippen molar-refractivity contribution in [1.29, 1.82) is 0 Å². The first-order chi connectivity index (χ1) is 19.1. The van der Waals surface area contributed by atoms with E-state index in [1.807, 2.05) is 5.32 Å². The van der Waals surface area contributed by atoms with Crippen molar-refractivity contribution < 1.29 is 57.9 Å². The fourth-order valence-electron chi connectivity index (χ4n) is 3.64. The molecular weight excluding hydrogens is 729 g/mol. The smallest absolute Gasteiger partial charge is 0.320 e. The zero-order chi connectivity index (χ0) is 32.0. The van der Waals surface area contributed by atoms with Crippen molar-refractivity contribution >= 4 is 55.0 Å². The third kappa shape index (κ3) is 5.85. The van der Waals surface area contributed by atoms with Crippen molar-refractivity contribution in [2.45, 2.75) is 23.9 Å². The maximum Gasteiger partial charge on any atom is 0.457 e. The quantitative estimate of drug-likeness (QED) is 0.257. The molecule has 0 fully saturated rings. The summed E-state index contributed by atoms with van der Waals surface area (Å²) in [6.07, 6.45) is -13.7. The molecule has 3 aromatic carbocycles. The molecule has 17 heteroatoms. The maximum absolute atomic E-state index is 15.3. The van der Waals surface area contributed by atoms with Crippen molar-refractivity contribution in [3.63, 3.8) is 0 Å². The average Bonchev–Trinajstić information content (AvgIpc) is 2.88. The Morgan fingerprint density at radius 3 is 1.79 bits per heavy atom. The number of carbonyl (C=O) groups is 2. The van der Waals surface area contributed by atoms with E-state index in [2.05, 4.69) is 31.9 Å². The highest BCUT2D eigenvalue weighted by atomic mass is 79.9. The van der Waals surface area contributed by atoms with Crippen LogP contribution < -0.4 is 10.2 Å². The van der Waals surface area contributed by atoms with Gasteiger partial charge in [-0.25, -0.2) is 13.2 Å². The van der Waals surface area contributed by atoms with Crippen LogP contribution >= 0.6 is 31.9 Å². The Balaban J connectivity index is 1.99. The first-order valence-electron chi connectivity index (χ1n) is 11.0. The third-order valence-corrected chi connectivity index (χ3v) is 7.09. The SMILES string of the molecule is CN(C(=O)c1ccc(F)cc1)c1cccc(C(=O)Nc2c(Br)cc(C(F)(C(F)(F)F)C(F)(F)C(F)(F)F)cc2Br)c1F. The molecule has 2 amide bonds. The van der Waals surface area contributed by atoms with Gasteiger partial charge in [0.1, 0.15) is 5.82 Å². The summed E-state index contributed by atoms with van der Waals surface area (Å²) in [6.45, 7) is 0. The molecule has 0 saturated heterocycles. The van der Waals surface area contributed by atoms with Crippen LogP contribution in [0.25, 0.3) is 0 Å². The van der Waals surface area contributed by atoms with E-state index in [0.29, 0.717) is 0 Å². The van der Waals surface area contributed by atoms with E-state index in [0.717, 1.165) is 54.4 Å². The van der Waals surface area contributed by atoms with Gasteiger partial charge in [0.15, 0.2) is 5.82 Å². The molecule has 42 heavy (non-hydrogen) atoms. The number of amides is 2. The molecule has 0 aliphatic carbocycles. The van der Waals surface area contributed by atoms with Crippen LogP contribution in [0.1, 0.15) is 26.3 Å². The van der Waals surface area contributed by atoms with Gasteiger partial charge in [-0.15, -0.1) is 0 Å². The highest BCUT2D eigenvalue weighted by Gasteiger charge is 2.81. The van der Waals surface area contributed by atoms with Crippen LogP contribution in [0.2, 0.25) is 0 Å². The Hall–Kier alpha value is -3.21. The maximum atomic E-state index is 15.3. The zero-order valence-electron chi connectivity index (χ0n) is 20.4. The molecule has 0 radical (unpaired) electrons. The molecule has 0 aromatic heterocycles. The van der Waals surface area contributed by atoms with E-state index in [-0.39, 0.29) is 17.7 Å². The third-order valence-electron chi connectivity index (χ3n) is 5.84. The van der Waals surface area contributed by atoms with Gasteiger partial charge in [0.05, 0.1) is 16.9 Å². The summed E-state index contributed by atoms with van der Waals surface area (Å²) in [6, 6.07) is 7.30. The molecule has 4 nitrogen and oxygen atoms in total. The molecule has 1 N–H and O–H groups in total. The minimum Gasteiger partial charge on any atom is -0.320 e. The van der Waals surface area contributed by atoms with E-state index in [9.17, 15) is 53.5 Å². The Morgan fingerprint density at radius 2 is 1.31 bits per heavy atom. The number of anilines is 2. The molecule has 0 bridgehead atoms. The Kier molecular flexibility index (Phi) is 9.09. The van der Waals surface area contributed by atoms with E-state index in [1.54, 1.807) is 0 Å². The summed E-state index contributed by atoms with van der Waals surface area (Å²) in [5.74, 6) is -11.0. The lowest BCUT2D eigenvalue weighted by Gasteiger charge is -2.36. The van der Waals surface area contributed by atoms with Crippen LogP contribution in [0.4, 0.5) is 59.7 Å². The first kappa shape index (κ1) is 33.3. The van der Waals surface area contributed by atoms with Crippen LogP contribution in [-0.2, 0) is 5.67 Å². The van der Waals surface area contributed by atoms with Gasteiger partial charge in [-0.2, -0.15) is 35.1 Å². The van der Waals surface area contributed by atoms with Crippen LogP contribution in [0.3, 0.4) is 0 Å². The van der Waals surface area contributed by atoms with E-state index in [1.165, 1.54) is 0 Å². The van der Waals surface area contributed by atoms with Gasteiger partial charge in [0.2, 0.25) is 0 Å². The number of hydrogen-bond donors (Lipinski definition) is 1. The highest BCUT2D eigenvalue weighted by molar-refractivity contribution is 9.11. The minimum atomic E-state index is -6.95. The molecule has 0 heterocycles.